The molecule has 2 aliphatic heterocycles. The Morgan fingerprint density at radius 1 is 1.14 bits per heavy atom. The minimum absolute atomic E-state index is 0.279. The van der Waals surface area contributed by atoms with Gasteiger partial charge in [-0.05, 0) is 47.9 Å². The van der Waals surface area contributed by atoms with Crippen LogP contribution in [0, 0.1) is 11.3 Å². The molecule has 1 atom stereocenters. The zero-order valence-corrected chi connectivity index (χ0v) is 23.9. The summed E-state index contributed by atoms with van der Waals surface area (Å²) < 4.78 is 39.2. The van der Waals surface area contributed by atoms with Gasteiger partial charge in [-0.25, -0.2) is 8.78 Å². The number of hydrogen-bond donors (Lipinski definition) is 2. The number of likely N-dealkylation sites (tertiary alicyclic amines) is 1. The molecule has 1 aromatic heterocycles. The van der Waals surface area contributed by atoms with Crippen molar-refractivity contribution in [1.29, 1.82) is 5.26 Å². The highest BCUT2D eigenvalue weighted by atomic mass is 19.3. The SMILES string of the molecule is COc1ccc(-c2ccc3nccc(C(=O)NCC(=O)N4CC(F)(F)CC4C#N)c3c2)cc1OCCCN1CCNCC1. The summed E-state index contributed by atoms with van der Waals surface area (Å²) in [5, 5.41) is 15.6. The molecule has 0 aliphatic carbocycles. The first-order valence-electron chi connectivity index (χ1n) is 14.3. The van der Waals surface area contributed by atoms with E-state index < -0.39 is 43.3 Å². The van der Waals surface area contributed by atoms with Crippen molar-refractivity contribution >= 4 is 22.7 Å². The van der Waals surface area contributed by atoms with Gasteiger partial charge in [-0.2, -0.15) is 5.26 Å². The molecule has 2 saturated heterocycles. The van der Waals surface area contributed by atoms with E-state index >= 15 is 0 Å². The van der Waals surface area contributed by atoms with Crippen molar-refractivity contribution in [2.24, 2.45) is 0 Å². The first-order valence-corrected chi connectivity index (χ1v) is 14.3. The fourth-order valence-corrected chi connectivity index (χ4v) is 5.44. The first kappa shape index (κ1) is 30.1. The van der Waals surface area contributed by atoms with Crippen LogP contribution in [0.25, 0.3) is 22.0 Å². The van der Waals surface area contributed by atoms with Crippen LogP contribution in [0.2, 0.25) is 0 Å². The van der Waals surface area contributed by atoms with E-state index in [-0.39, 0.29) is 5.56 Å². The lowest BCUT2D eigenvalue weighted by Gasteiger charge is -2.27. The number of benzene rings is 2. The number of rotatable bonds is 10. The Bertz CT molecular complexity index is 1520. The lowest BCUT2D eigenvalue weighted by molar-refractivity contribution is -0.131. The zero-order valence-electron chi connectivity index (χ0n) is 23.9. The summed E-state index contributed by atoms with van der Waals surface area (Å²) >= 11 is 0. The minimum atomic E-state index is -3.13. The number of fused-ring (bicyclic) bond motifs is 1. The zero-order chi connectivity index (χ0) is 30.4. The summed E-state index contributed by atoms with van der Waals surface area (Å²) in [4.78, 5) is 33.3. The van der Waals surface area contributed by atoms with Gasteiger partial charge in [-0.3, -0.25) is 14.6 Å². The van der Waals surface area contributed by atoms with Crippen molar-refractivity contribution < 1.29 is 27.8 Å². The van der Waals surface area contributed by atoms with Gasteiger partial charge >= 0.3 is 0 Å². The third-order valence-electron chi connectivity index (χ3n) is 7.71. The number of nitrogens with zero attached hydrogens (tertiary/aromatic N) is 4. The molecule has 226 valence electrons. The maximum absolute atomic E-state index is 13.8. The van der Waals surface area contributed by atoms with Gasteiger partial charge in [-0.15, -0.1) is 0 Å². The second-order valence-corrected chi connectivity index (χ2v) is 10.7. The molecule has 2 aromatic carbocycles. The van der Waals surface area contributed by atoms with Crippen LogP contribution in [0.15, 0.2) is 48.7 Å². The summed E-state index contributed by atoms with van der Waals surface area (Å²) in [6.45, 7) is 4.22. The van der Waals surface area contributed by atoms with E-state index in [1.165, 1.54) is 12.3 Å². The molecule has 2 fully saturated rings. The van der Waals surface area contributed by atoms with Gasteiger partial charge in [0.05, 0.1) is 44.0 Å². The summed E-state index contributed by atoms with van der Waals surface area (Å²) in [6.07, 6.45) is 1.66. The average Bonchev–Trinajstić information content (AvgIpc) is 3.36. The predicted molar refractivity (Wildman–Crippen MR) is 156 cm³/mol. The molecular weight excluding hydrogens is 558 g/mol. The third-order valence-corrected chi connectivity index (χ3v) is 7.71. The highest BCUT2D eigenvalue weighted by Gasteiger charge is 2.47. The lowest BCUT2D eigenvalue weighted by Crippen LogP contribution is -2.43. The fraction of sp³-hybridized carbons (Fsp3) is 0.419. The number of carbonyl (C=O) groups is 2. The maximum Gasteiger partial charge on any atom is 0.268 e. The molecule has 2 amide bonds. The number of aromatic nitrogens is 1. The number of halogens is 2. The van der Waals surface area contributed by atoms with E-state index in [1.807, 2.05) is 30.3 Å². The Morgan fingerprint density at radius 3 is 2.67 bits per heavy atom. The number of ether oxygens (including phenoxy) is 2. The van der Waals surface area contributed by atoms with Crippen molar-refractivity contribution in [3.05, 3.63) is 54.2 Å². The normalized spacial score (nSPS) is 18.3. The van der Waals surface area contributed by atoms with Crippen LogP contribution in [0.1, 0.15) is 23.2 Å². The van der Waals surface area contributed by atoms with E-state index in [0.29, 0.717) is 29.0 Å². The number of nitrogens with one attached hydrogen (secondary N) is 2. The Balaban J connectivity index is 1.29. The number of methoxy groups -OCH3 is 1. The number of amides is 2. The summed E-state index contributed by atoms with van der Waals surface area (Å²) in [7, 11) is 1.59. The van der Waals surface area contributed by atoms with Crippen molar-refractivity contribution in [1.82, 2.24) is 25.4 Å². The van der Waals surface area contributed by atoms with Crippen molar-refractivity contribution in [2.45, 2.75) is 24.8 Å². The molecule has 0 radical (unpaired) electrons. The van der Waals surface area contributed by atoms with Crippen LogP contribution in [-0.2, 0) is 4.79 Å². The Morgan fingerprint density at radius 2 is 1.91 bits per heavy atom. The van der Waals surface area contributed by atoms with Gasteiger partial charge < -0.3 is 29.9 Å². The number of hydrogen-bond acceptors (Lipinski definition) is 8. The number of alkyl halides is 2. The summed E-state index contributed by atoms with van der Waals surface area (Å²) in [6, 6.07) is 13.2. The molecule has 12 heteroatoms. The average molecular weight is 593 g/mol. The third kappa shape index (κ3) is 7.18. The molecule has 5 rings (SSSR count). The van der Waals surface area contributed by atoms with E-state index in [9.17, 15) is 23.6 Å². The van der Waals surface area contributed by atoms with Crippen LogP contribution >= 0.6 is 0 Å². The number of piperazine rings is 1. The standard InChI is InChI=1S/C31H34F2N6O4/c1-42-27-6-4-22(16-28(27)43-14-2-11-38-12-9-35-10-13-38)21-3-5-26-25(15-21)24(7-8-36-26)30(41)37-19-29(40)39-20-31(32,33)17-23(39)18-34/h3-8,15-16,23,35H,2,9-14,17,19-20H2,1H3,(H,37,41). The molecule has 43 heavy (non-hydrogen) atoms. The summed E-state index contributed by atoms with van der Waals surface area (Å²) in [5.41, 5.74) is 2.52. The molecule has 3 heterocycles. The second kappa shape index (κ2) is 13.3. The number of pyridine rings is 1. The Labute approximate surface area is 248 Å². The molecule has 1 unspecified atom stereocenters. The first-order chi connectivity index (χ1) is 20.8. The maximum atomic E-state index is 13.8. The van der Waals surface area contributed by atoms with E-state index in [4.69, 9.17) is 9.47 Å². The van der Waals surface area contributed by atoms with Crippen LogP contribution < -0.4 is 20.1 Å². The van der Waals surface area contributed by atoms with Gasteiger partial charge in [0.1, 0.15) is 6.04 Å². The molecule has 2 N–H and O–H groups in total. The topological polar surface area (TPSA) is 120 Å². The molecule has 3 aromatic rings. The van der Waals surface area contributed by atoms with Crippen molar-refractivity contribution in [3.8, 4) is 28.7 Å². The largest absolute Gasteiger partial charge is 0.493 e. The van der Waals surface area contributed by atoms with Gasteiger partial charge in [0.15, 0.2) is 11.5 Å². The Hall–Kier alpha value is -4.34. The van der Waals surface area contributed by atoms with Crippen molar-refractivity contribution in [3.63, 3.8) is 0 Å². The molecule has 0 bridgehead atoms. The second-order valence-electron chi connectivity index (χ2n) is 10.7. The van der Waals surface area contributed by atoms with Gasteiger partial charge in [0.2, 0.25) is 5.91 Å². The number of nitriles is 1. The highest BCUT2D eigenvalue weighted by molar-refractivity contribution is 6.07. The summed E-state index contributed by atoms with van der Waals surface area (Å²) in [5.74, 6) is -3.19. The monoisotopic (exact) mass is 592 g/mol. The molecule has 0 spiro atoms. The number of carbonyl (C=O) groups excluding carboxylic acids is 2. The van der Waals surface area contributed by atoms with E-state index in [2.05, 4.69) is 20.5 Å². The molecular formula is C31H34F2N6O4. The predicted octanol–water partition coefficient (Wildman–Crippen LogP) is 3.07. The quantitative estimate of drug-likeness (QED) is 0.345. The van der Waals surface area contributed by atoms with Crippen molar-refractivity contribution in [2.75, 3.05) is 59.5 Å². The fourth-order valence-electron chi connectivity index (χ4n) is 5.44. The van der Waals surface area contributed by atoms with Crippen LogP contribution in [-0.4, -0.2) is 98.1 Å². The molecule has 2 aliphatic rings. The van der Waals surface area contributed by atoms with E-state index in [0.717, 1.165) is 55.2 Å². The van der Waals surface area contributed by atoms with Crippen LogP contribution in [0.3, 0.4) is 0 Å². The minimum Gasteiger partial charge on any atom is -0.493 e. The Kier molecular flexibility index (Phi) is 9.33. The molecule has 0 saturated carbocycles. The van der Waals surface area contributed by atoms with Gasteiger partial charge in [0, 0.05) is 50.7 Å². The van der Waals surface area contributed by atoms with Crippen LogP contribution in [0.5, 0.6) is 11.5 Å². The van der Waals surface area contributed by atoms with Gasteiger partial charge in [-0.1, -0.05) is 12.1 Å². The van der Waals surface area contributed by atoms with Gasteiger partial charge in [0.25, 0.3) is 11.8 Å². The highest BCUT2D eigenvalue weighted by Crippen LogP contribution is 2.34. The van der Waals surface area contributed by atoms with E-state index in [1.54, 1.807) is 19.2 Å². The smallest absolute Gasteiger partial charge is 0.268 e. The molecule has 10 nitrogen and oxygen atoms in total. The lowest BCUT2D eigenvalue weighted by atomic mass is 10.00. The van der Waals surface area contributed by atoms with Crippen LogP contribution in [0.4, 0.5) is 8.78 Å².